The predicted molar refractivity (Wildman–Crippen MR) is 60.3 cm³/mol. The number of benzene rings is 1. The van der Waals surface area contributed by atoms with E-state index in [4.69, 9.17) is 5.11 Å². The number of carbonyl (C=O) groups is 1. The number of halogens is 2. The highest BCUT2D eigenvalue weighted by Gasteiger charge is 2.22. The van der Waals surface area contributed by atoms with Crippen LogP contribution in [0.25, 0.3) is 11.3 Å². The van der Waals surface area contributed by atoms with Gasteiger partial charge in [-0.2, -0.15) is 0 Å². The maximum atomic E-state index is 13.7. The molecular formula is C12H10F2N2O2. The number of carboxylic acid groups (broad SMARTS) is 1. The Labute approximate surface area is 102 Å². The fourth-order valence-electron chi connectivity index (χ4n) is 1.75. The molecule has 1 heterocycles. The van der Waals surface area contributed by atoms with Crippen molar-refractivity contribution in [3.05, 3.63) is 41.4 Å². The smallest absolute Gasteiger partial charge is 0.356 e. The number of hydrogen-bond donors (Lipinski definition) is 1. The van der Waals surface area contributed by atoms with E-state index in [-0.39, 0.29) is 17.0 Å². The first-order chi connectivity index (χ1) is 8.41. The molecule has 0 fully saturated rings. The molecule has 0 amide bonds. The van der Waals surface area contributed by atoms with Gasteiger partial charge in [-0.15, -0.1) is 0 Å². The highest BCUT2D eigenvalue weighted by atomic mass is 19.1. The van der Waals surface area contributed by atoms with Crippen molar-refractivity contribution in [1.82, 2.24) is 9.55 Å². The highest BCUT2D eigenvalue weighted by Crippen LogP contribution is 2.27. The highest BCUT2D eigenvalue weighted by molar-refractivity contribution is 5.93. The van der Waals surface area contributed by atoms with Crippen LogP contribution < -0.4 is 0 Å². The molecule has 0 spiro atoms. The van der Waals surface area contributed by atoms with E-state index in [2.05, 4.69) is 4.98 Å². The summed E-state index contributed by atoms with van der Waals surface area (Å²) < 4.78 is 28.3. The average molecular weight is 252 g/mol. The minimum absolute atomic E-state index is 0.0528. The van der Waals surface area contributed by atoms with Gasteiger partial charge >= 0.3 is 5.97 Å². The maximum Gasteiger partial charge on any atom is 0.356 e. The zero-order chi connectivity index (χ0) is 13.4. The molecule has 0 saturated heterocycles. The second kappa shape index (κ2) is 4.21. The summed E-state index contributed by atoms with van der Waals surface area (Å²) in [6.45, 7) is 1.59. The Morgan fingerprint density at radius 1 is 1.39 bits per heavy atom. The molecule has 0 aliphatic carbocycles. The average Bonchev–Trinajstić information content (AvgIpc) is 2.60. The second-order valence-corrected chi connectivity index (χ2v) is 3.84. The van der Waals surface area contributed by atoms with Gasteiger partial charge in [-0.1, -0.05) is 0 Å². The lowest BCUT2D eigenvalue weighted by atomic mass is 10.1. The monoisotopic (exact) mass is 252 g/mol. The van der Waals surface area contributed by atoms with Gasteiger partial charge in [0.05, 0.1) is 5.69 Å². The number of aryl methyl sites for hydroxylation is 1. The van der Waals surface area contributed by atoms with E-state index in [1.807, 2.05) is 0 Å². The number of rotatable bonds is 2. The molecule has 18 heavy (non-hydrogen) atoms. The van der Waals surface area contributed by atoms with Crippen molar-refractivity contribution in [2.45, 2.75) is 6.92 Å². The topological polar surface area (TPSA) is 55.1 Å². The van der Waals surface area contributed by atoms with Crippen LogP contribution in [0.1, 0.15) is 16.3 Å². The van der Waals surface area contributed by atoms with Gasteiger partial charge in [0, 0.05) is 12.6 Å². The lowest BCUT2D eigenvalue weighted by molar-refractivity contribution is 0.0691. The maximum absolute atomic E-state index is 13.7. The van der Waals surface area contributed by atoms with Crippen molar-refractivity contribution in [3.8, 4) is 11.3 Å². The van der Waals surface area contributed by atoms with Crippen LogP contribution in [-0.2, 0) is 7.05 Å². The standard InChI is InChI=1S/C12H10F2N2O2/c1-6-15-10(12(17)18)11(16(6)2)8-5-7(13)3-4-9(8)14/h3-5H,1-2H3,(H,17,18). The molecule has 94 valence electrons. The van der Waals surface area contributed by atoms with E-state index < -0.39 is 17.6 Å². The molecule has 4 nitrogen and oxygen atoms in total. The van der Waals surface area contributed by atoms with Crippen molar-refractivity contribution in [2.24, 2.45) is 7.05 Å². The zero-order valence-electron chi connectivity index (χ0n) is 9.74. The molecule has 6 heteroatoms. The Bertz CT molecular complexity index is 635. The Kier molecular flexibility index (Phi) is 2.86. The zero-order valence-corrected chi connectivity index (χ0v) is 9.74. The first kappa shape index (κ1) is 12.2. The Hall–Kier alpha value is -2.24. The molecule has 2 aromatic rings. The third-order valence-corrected chi connectivity index (χ3v) is 2.70. The molecule has 1 N–H and O–H groups in total. The molecule has 0 unspecified atom stereocenters. The van der Waals surface area contributed by atoms with Gasteiger partial charge in [0.2, 0.25) is 0 Å². The van der Waals surface area contributed by atoms with E-state index >= 15 is 0 Å². The van der Waals surface area contributed by atoms with Crippen LogP contribution in [0.4, 0.5) is 8.78 Å². The molecule has 0 radical (unpaired) electrons. The van der Waals surface area contributed by atoms with Crippen LogP contribution in [0.15, 0.2) is 18.2 Å². The molecule has 0 aliphatic heterocycles. The van der Waals surface area contributed by atoms with Crippen LogP contribution in [0.5, 0.6) is 0 Å². The lowest BCUT2D eigenvalue weighted by Gasteiger charge is -2.06. The third-order valence-electron chi connectivity index (χ3n) is 2.70. The normalized spacial score (nSPS) is 10.7. The van der Waals surface area contributed by atoms with Gasteiger partial charge in [0.1, 0.15) is 17.5 Å². The molecule has 0 aliphatic rings. The minimum Gasteiger partial charge on any atom is -0.476 e. The Balaban J connectivity index is 2.77. The summed E-state index contributed by atoms with van der Waals surface area (Å²) in [5.41, 5.74) is -0.355. The predicted octanol–water partition coefficient (Wildman–Crippen LogP) is 2.37. The number of imidazole rings is 1. The molecule has 0 bridgehead atoms. The number of nitrogens with zero attached hydrogens (tertiary/aromatic N) is 2. The molecule has 1 aromatic heterocycles. The first-order valence-electron chi connectivity index (χ1n) is 5.14. The van der Waals surface area contributed by atoms with Gasteiger partial charge < -0.3 is 9.67 Å². The van der Waals surface area contributed by atoms with E-state index in [9.17, 15) is 13.6 Å². The number of aromatic carboxylic acids is 1. The number of aromatic nitrogens is 2. The van der Waals surface area contributed by atoms with E-state index in [0.717, 1.165) is 18.2 Å². The summed E-state index contributed by atoms with van der Waals surface area (Å²) in [6.07, 6.45) is 0. The Morgan fingerprint density at radius 2 is 2.06 bits per heavy atom. The van der Waals surface area contributed by atoms with Crippen molar-refractivity contribution in [1.29, 1.82) is 0 Å². The molecule has 1 aromatic carbocycles. The first-order valence-corrected chi connectivity index (χ1v) is 5.14. The fourth-order valence-corrected chi connectivity index (χ4v) is 1.75. The Morgan fingerprint density at radius 3 is 2.67 bits per heavy atom. The number of hydrogen-bond acceptors (Lipinski definition) is 2. The summed E-state index contributed by atoms with van der Waals surface area (Å²) in [7, 11) is 1.55. The van der Waals surface area contributed by atoms with Crippen LogP contribution in [0.2, 0.25) is 0 Å². The van der Waals surface area contributed by atoms with Gasteiger partial charge in [-0.25, -0.2) is 18.6 Å². The summed E-state index contributed by atoms with van der Waals surface area (Å²) in [6, 6.07) is 2.89. The van der Waals surface area contributed by atoms with Crippen molar-refractivity contribution in [3.63, 3.8) is 0 Å². The van der Waals surface area contributed by atoms with Gasteiger partial charge in [0.25, 0.3) is 0 Å². The summed E-state index contributed by atoms with van der Waals surface area (Å²) >= 11 is 0. The van der Waals surface area contributed by atoms with Crippen molar-refractivity contribution in [2.75, 3.05) is 0 Å². The lowest BCUT2D eigenvalue weighted by Crippen LogP contribution is -2.03. The van der Waals surface area contributed by atoms with Crippen molar-refractivity contribution >= 4 is 5.97 Å². The summed E-state index contributed by atoms with van der Waals surface area (Å²) in [4.78, 5) is 14.9. The van der Waals surface area contributed by atoms with Crippen LogP contribution in [-0.4, -0.2) is 20.6 Å². The van der Waals surface area contributed by atoms with E-state index in [0.29, 0.717) is 5.82 Å². The van der Waals surface area contributed by atoms with Crippen LogP contribution in [0, 0.1) is 18.6 Å². The molecule has 2 rings (SSSR count). The molecule has 0 atom stereocenters. The summed E-state index contributed by atoms with van der Waals surface area (Å²) in [5, 5.41) is 9.03. The van der Waals surface area contributed by atoms with Crippen molar-refractivity contribution < 1.29 is 18.7 Å². The molecule has 0 saturated carbocycles. The van der Waals surface area contributed by atoms with Crippen LogP contribution in [0.3, 0.4) is 0 Å². The molecular weight excluding hydrogens is 242 g/mol. The minimum atomic E-state index is -1.28. The van der Waals surface area contributed by atoms with Gasteiger partial charge in [-0.05, 0) is 25.1 Å². The van der Waals surface area contributed by atoms with E-state index in [1.54, 1.807) is 14.0 Å². The van der Waals surface area contributed by atoms with Gasteiger partial charge in [0.15, 0.2) is 5.69 Å². The third kappa shape index (κ3) is 1.85. The summed E-state index contributed by atoms with van der Waals surface area (Å²) in [5.74, 6) is -2.20. The largest absolute Gasteiger partial charge is 0.476 e. The van der Waals surface area contributed by atoms with Gasteiger partial charge in [-0.3, -0.25) is 0 Å². The fraction of sp³-hybridized carbons (Fsp3) is 0.167. The second-order valence-electron chi connectivity index (χ2n) is 3.84. The van der Waals surface area contributed by atoms with Crippen LogP contribution >= 0.6 is 0 Å². The van der Waals surface area contributed by atoms with E-state index in [1.165, 1.54) is 4.57 Å². The SMILES string of the molecule is Cc1nc(C(=O)O)c(-c2cc(F)ccc2F)n1C. The quantitative estimate of drug-likeness (QED) is 0.892. The number of carboxylic acids is 1.